The van der Waals surface area contributed by atoms with E-state index in [0.717, 1.165) is 16.4 Å². The summed E-state index contributed by atoms with van der Waals surface area (Å²) in [5.74, 6) is 0. The van der Waals surface area contributed by atoms with Crippen molar-refractivity contribution < 1.29 is 26.7 Å². The first-order valence-electron chi connectivity index (χ1n) is 5.67. The van der Waals surface area contributed by atoms with E-state index in [9.17, 15) is 26.7 Å². The Bertz CT molecular complexity index is 618. The summed E-state index contributed by atoms with van der Waals surface area (Å²) in [6.07, 6.45) is -5.22. The van der Waals surface area contributed by atoms with E-state index in [-0.39, 0.29) is 24.5 Å². The summed E-state index contributed by atoms with van der Waals surface area (Å²) in [4.78, 5) is -0.594. The zero-order valence-electron chi connectivity index (χ0n) is 10.1. The summed E-state index contributed by atoms with van der Waals surface area (Å²) >= 11 is 5.71. The van der Waals surface area contributed by atoms with Crippen molar-refractivity contribution in [3.05, 3.63) is 28.8 Å². The number of hydrogen-bond acceptors (Lipinski definition) is 3. The van der Waals surface area contributed by atoms with Crippen molar-refractivity contribution in [3.63, 3.8) is 0 Å². The standard InChI is InChI=1S/C11H11ClF3NO3S/c12-9-2-1-7(11(13,14)15)5-10(9)20(18,19)16-4-3-8(17)6-16/h1-2,5,8,17H,3-4,6H2. The summed E-state index contributed by atoms with van der Waals surface area (Å²) in [6, 6.07) is 2.15. The van der Waals surface area contributed by atoms with Gasteiger partial charge in [0, 0.05) is 13.1 Å². The number of sulfonamides is 1. The van der Waals surface area contributed by atoms with Crippen molar-refractivity contribution in [3.8, 4) is 0 Å². The number of halogens is 4. The number of β-amino-alcohol motifs (C(OH)–C–C–N with tert-alkyl or cyclic N) is 1. The quantitative estimate of drug-likeness (QED) is 0.904. The van der Waals surface area contributed by atoms with Crippen molar-refractivity contribution in [2.45, 2.75) is 23.6 Å². The minimum Gasteiger partial charge on any atom is -0.392 e. The first kappa shape index (κ1) is 15.6. The molecule has 112 valence electrons. The van der Waals surface area contributed by atoms with Crippen LogP contribution in [0.5, 0.6) is 0 Å². The van der Waals surface area contributed by atoms with E-state index < -0.39 is 32.8 Å². The van der Waals surface area contributed by atoms with Gasteiger partial charge in [0.2, 0.25) is 10.0 Å². The second-order valence-corrected chi connectivity index (χ2v) is 6.76. The van der Waals surface area contributed by atoms with Crippen LogP contribution in [-0.4, -0.2) is 37.0 Å². The van der Waals surface area contributed by atoms with Crippen molar-refractivity contribution in [1.29, 1.82) is 0 Å². The minimum absolute atomic E-state index is 0.0517. The average molecular weight is 330 g/mol. The normalized spacial score (nSPS) is 21.4. The smallest absolute Gasteiger partial charge is 0.392 e. The molecule has 1 unspecified atom stereocenters. The van der Waals surface area contributed by atoms with Gasteiger partial charge in [-0.1, -0.05) is 11.6 Å². The molecule has 0 amide bonds. The largest absolute Gasteiger partial charge is 0.416 e. The van der Waals surface area contributed by atoms with Gasteiger partial charge in [-0.25, -0.2) is 8.42 Å². The lowest BCUT2D eigenvalue weighted by Gasteiger charge is -2.18. The van der Waals surface area contributed by atoms with Gasteiger partial charge in [-0.15, -0.1) is 0 Å². The number of nitrogens with zero attached hydrogens (tertiary/aromatic N) is 1. The first-order chi connectivity index (χ1) is 9.12. The van der Waals surface area contributed by atoms with E-state index in [2.05, 4.69) is 0 Å². The van der Waals surface area contributed by atoms with Gasteiger partial charge >= 0.3 is 6.18 Å². The predicted molar refractivity (Wildman–Crippen MR) is 65.8 cm³/mol. The Balaban J connectivity index is 2.46. The second-order valence-electron chi connectivity index (χ2n) is 4.45. The topological polar surface area (TPSA) is 57.6 Å². The molecule has 1 aliphatic rings. The van der Waals surface area contributed by atoms with Gasteiger partial charge in [0.25, 0.3) is 0 Å². The Hall–Kier alpha value is -0.830. The molecule has 1 aliphatic heterocycles. The number of benzene rings is 1. The summed E-state index contributed by atoms with van der Waals surface area (Å²) in [7, 11) is -4.14. The zero-order chi connectivity index (χ0) is 15.1. The molecular weight excluding hydrogens is 319 g/mol. The summed E-state index contributed by atoms with van der Waals surface area (Å²) in [5.41, 5.74) is -1.08. The predicted octanol–water partition coefficient (Wildman–Crippen LogP) is 2.11. The second kappa shape index (κ2) is 5.18. The maximum atomic E-state index is 12.6. The molecule has 1 N–H and O–H groups in total. The molecule has 0 spiro atoms. The molecule has 0 radical (unpaired) electrons. The van der Waals surface area contributed by atoms with Crippen LogP contribution >= 0.6 is 11.6 Å². The molecular formula is C11H11ClF3NO3S. The number of hydrogen-bond donors (Lipinski definition) is 1. The van der Waals surface area contributed by atoms with E-state index in [1.807, 2.05) is 0 Å². The molecule has 1 aromatic carbocycles. The molecule has 2 rings (SSSR count). The molecule has 1 aromatic rings. The molecule has 0 bridgehead atoms. The number of alkyl halides is 3. The Kier molecular flexibility index (Phi) is 4.03. The van der Waals surface area contributed by atoms with Crippen molar-refractivity contribution in [1.82, 2.24) is 4.31 Å². The van der Waals surface area contributed by atoms with Gasteiger partial charge in [0.1, 0.15) is 4.90 Å². The molecule has 0 saturated carbocycles. The van der Waals surface area contributed by atoms with Crippen LogP contribution in [0.4, 0.5) is 13.2 Å². The summed E-state index contributed by atoms with van der Waals surface area (Å²) < 4.78 is 63.3. The van der Waals surface area contributed by atoms with Gasteiger partial charge < -0.3 is 5.11 Å². The van der Waals surface area contributed by atoms with Crippen LogP contribution < -0.4 is 0 Å². The summed E-state index contributed by atoms with van der Waals surface area (Å²) in [6.45, 7) is -0.0923. The maximum absolute atomic E-state index is 12.6. The van der Waals surface area contributed by atoms with Crippen LogP contribution in [0, 0.1) is 0 Å². The van der Waals surface area contributed by atoms with E-state index in [0.29, 0.717) is 6.07 Å². The number of aliphatic hydroxyl groups is 1. The highest BCUT2D eigenvalue weighted by atomic mass is 35.5. The first-order valence-corrected chi connectivity index (χ1v) is 7.49. The monoisotopic (exact) mass is 329 g/mol. The SMILES string of the molecule is O=S(=O)(c1cc(C(F)(F)F)ccc1Cl)N1CCC(O)C1. The highest BCUT2D eigenvalue weighted by molar-refractivity contribution is 7.89. The van der Waals surface area contributed by atoms with Crippen LogP contribution in [0.2, 0.25) is 5.02 Å². The zero-order valence-corrected chi connectivity index (χ0v) is 11.6. The summed E-state index contributed by atoms with van der Waals surface area (Å²) in [5, 5.41) is 9.07. The molecule has 20 heavy (non-hydrogen) atoms. The van der Waals surface area contributed by atoms with Crippen LogP contribution in [0.1, 0.15) is 12.0 Å². The lowest BCUT2D eigenvalue weighted by Crippen LogP contribution is -2.30. The van der Waals surface area contributed by atoms with Crippen LogP contribution in [0.15, 0.2) is 23.1 Å². The molecule has 1 saturated heterocycles. The lowest BCUT2D eigenvalue weighted by molar-refractivity contribution is -0.137. The van der Waals surface area contributed by atoms with Crippen molar-refractivity contribution in [2.24, 2.45) is 0 Å². The average Bonchev–Trinajstić information content (AvgIpc) is 2.75. The van der Waals surface area contributed by atoms with Gasteiger partial charge in [-0.05, 0) is 24.6 Å². The lowest BCUT2D eigenvalue weighted by atomic mass is 10.2. The molecule has 1 atom stereocenters. The Morgan fingerprint density at radius 2 is 2.00 bits per heavy atom. The fourth-order valence-electron chi connectivity index (χ4n) is 1.95. The molecule has 4 nitrogen and oxygen atoms in total. The minimum atomic E-state index is -4.65. The van der Waals surface area contributed by atoms with Crippen molar-refractivity contribution >= 4 is 21.6 Å². The third-order valence-electron chi connectivity index (χ3n) is 3.00. The molecule has 9 heteroatoms. The van der Waals surface area contributed by atoms with Crippen molar-refractivity contribution in [2.75, 3.05) is 13.1 Å². The number of rotatable bonds is 2. The van der Waals surface area contributed by atoms with Gasteiger partial charge in [-0.3, -0.25) is 0 Å². The molecule has 1 fully saturated rings. The van der Waals surface area contributed by atoms with Crippen LogP contribution in [-0.2, 0) is 16.2 Å². The van der Waals surface area contributed by atoms with Gasteiger partial charge in [0.05, 0.1) is 16.7 Å². The Labute approximate surface area is 118 Å². The highest BCUT2D eigenvalue weighted by Gasteiger charge is 2.36. The third-order valence-corrected chi connectivity index (χ3v) is 5.35. The van der Waals surface area contributed by atoms with E-state index in [1.54, 1.807) is 0 Å². The fraction of sp³-hybridized carbons (Fsp3) is 0.455. The van der Waals surface area contributed by atoms with E-state index in [4.69, 9.17) is 11.6 Å². The fourth-order valence-corrected chi connectivity index (χ4v) is 3.94. The highest BCUT2D eigenvalue weighted by Crippen LogP contribution is 2.34. The Morgan fingerprint density at radius 1 is 1.35 bits per heavy atom. The maximum Gasteiger partial charge on any atom is 0.416 e. The van der Waals surface area contributed by atoms with Crippen LogP contribution in [0.3, 0.4) is 0 Å². The Morgan fingerprint density at radius 3 is 2.50 bits per heavy atom. The van der Waals surface area contributed by atoms with E-state index in [1.165, 1.54) is 0 Å². The van der Waals surface area contributed by atoms with Gasteiger partial charge in [-0.2, -0.15) is 17.5 Å². The third kappa shape index (κ3) is 2.93. The molecule has 0 aliphatic carbocycles. The number of aliphatic hydroxyl groups excluding tert-OH is 1. The molecule has 1 heterocycles. The van der Waals surface area contributed by atoms with Gasteiger partial charge in [0.15, 0.2) is 0 Å². The van der Waals surface area contributed by atoms with Crippen LogP contribution in [0.25, 0.3) is 0 Å². The molecule has 0 aromatic heterocycles. The van der Waals surface area contributed by atoms with E-state index >= 15 is 0 Å².